The molecule has 0 bridgehead atoms. The van der Waals surface area contributed by atoms with Crippen LogP contribution in [0.1, 0.15) is 45.4 Å². The molecule has 0 aromatic carbocycles. The Kier molecular flexibility index (Phi) is 5.57. The Balaban J connectivity index is 1.84. The van der Waals surface area contributed by atoms with Crippen molar-refractivity contribution in [3.63, 3.8) is 0 Å². The lowest BCUT2D eigenvalue weighted by Crippen LogP contribution is -2.46. The summed E-state index contributed by atoms with van der Waals surface area (Å²) in [6.45, 7) is 2.68. The highest BCUT2D eigenvalue weighted by atomic mass is 19.4. The Morgan fingerprint density at radius 1 is 1.13 bits per heavy atom. The molecule has 1 N–H and O–H groups in total. The number of likely N-dealkylation sites (tertiary alicyclic amines) is 1. The molecule has 4 nitrogen and oxygen atoms in total. The van der Waals surface area contributed by atoms with Gasteiger partial charge in [-0.05, 0) is 43.9 Å². The molecule has 2 aliphatic rings. The van der Waals surface area contributed by atoms with Crippen molar-refractivity contribution in [2.75, 3.05) is 13.1 Å². The number of carbonyl (C=O) groups excluding carboxylic acids is 1. The molecular weight excluding hydrogens is 311 g/mol. The second-order valence-corrected chi connectivity index (χ2v) is 7.14. The first-order valence-corrected chi connectivity index (χ1v) is 8.24. The Morgan fingerprint density at radius 3 is 2.26 bits per heavy atom. The van der Waals surface area contributed by atoms with Gasteiger partial charge < -0.3 is 10.0 Å². The van der Waals surface area contributed by atoms with Crippen LogP contribution in [0.4, 0.5) is 13.2 Å². The van der Waals surface area contributed by atoms with Gasteiger partial charge in [-0.25, -0.2) is 0 Å². The van der Waals surface area contributed by atoms with Crippen LogP contribution in [0, 0.1) is 23.7 Å². The lowest BCUT2D eigenvalue weighted by molar-refractivity contribution is -0.184. The van der Waals surface area contributed by atoms with Gasteiger partial charge in [0.1, 0.15) is 0 Å². The van der Waals surface area contributed by atoms with Crippen LogP contribution in [0.2, 0.25) is 0 Å². The quantitative estimate of drug-likeness (QED) is 0.861. The monoisotopic (exact) mass is 335 g/mol. The Labute approximate surface area is 134 Å². The van der Waals surface area contributed by atoms with E-state index in [0.717, 1.165) is 0 Å². The zero-order valence-corrected chi connectivity index (χ0v) is 13.3. The van der Waals surface area contributed by atoms with Crippen molar-refractivity contribution in [3.05, 3.63) is 0 Å². The van der Waals surface area contributed by atoms with Gasteiger partial charge >= 0.3 is 12.1 Å². The summed E-state index contributed by atoms with van der Waals surface area (Å²) in [5.41, 5.74) is 0. The van der Waals surface area contributed by atoms with Crippen molar-refractivity contribution in [2.24, 2.45) is 23.7 Å². The number of carboxylic acids is 1. The van der Waals surface area contributed by atoms with E-state index in [4.69, 9.17) is 5.11 Å². The van der Waals surface area contributed by atoms with Gasteiger partial charge in [-0.15, -0.1) is 0 Å². The average Bonchev–Trinajstić information content (AvgIpc) is 2.46. The summed E-state index contributed by atoms with van der Waals surface area (Å²) in [7, 11) is 0. The van der Waals surface area contributed by atoms with Gasteiger partial charge in [-0.2, -0.15) is 13.2 Å². The first kappa shape index (κ1) is 18.1. The number of alkyl halides is 3. The topological polar surface area (TPSA) is 57.6 Å². The molecule has 1 heterocycles. The lowest BCUT2D eigenvalue weighted by Gasteiger charge is -2.36. The Bertz CT molecular complexity index is 444. The van der Waals surface area contributed by atoms with E-state index in [0.29, 0.717) is 25.8 Å². The fourth-order valence-corrected chi connectivity index (χ4v) is 3.80. The van der Waals surface area contributed by atoms with Gasteiger partial charge in [0.2, 0.25) is 5.91 Å². The number of halogens is 3. The molecule has 23 heavy (non-hydrogen) atoms. The fraction of sp³-hybridized carbons (Fsp3) is 0.875. The van der Waals surface area contributed by atoms with E-state index in [9.17, 15) is 22.8 Å². The second-order valence-electron chi connectivity index (χ2n) is 7.14. The predicted octanol–water partition coefficient (Wildman–Crippen LogP) is 3.31. The second kappa shape index (κ2) is 7.09. The molecule has 0 radical (unpaired) electrons. The van der Waals surface area contributed by atoms with Crippen LogP contribution in [-0.2, 0) is 9.59 Å². The highest BCUT2D eigenvalue weighted by Crippen LogP contribution is 2.40. The van der Waals surface area contributed by atoms with E-state index in [1.54, 1.807) is 4.90 Å². The number of rotatable bonds is 3. The number of hydrogen-bond donors (Lipinski definition) is 1. The van der Waals surface area contributed by atoms with Crippen molar-refractivity contribution in [3.8, 4) is 0 Å². The van der Waals surface area contributed by atoms with E-state index >= 15 is 0 Å². The molecule has 2 fully saturated rings. The van der Waals surface area contributed by atoms with Gasteiger partial charge in [-0.1, -0.05) is 6.92 Å². The smallest absolute Gasteiger partial charge is 0.391 e. The zero-order valence-electron chi connectivity index (χ0n) is 13.3. The third kappa shape index (κ3) is 4.85. The SMILES string of the molecule is CC1CC(C(=O)O)CN(C(=O)CC2CCC(C(F)(F)F)CC2)C1. The first-order chi connectivity index (χ1) is 10.7. The Morgan fingerprint density at radius 2 is 1.74 bits per heavy atom. The molecule has 0 aromatic rings. The molecule has 1 amide bonds. The van der Waals surface area contributed by atoms with E-state index < -0.39 is 24.0 Å². The average molecular weight is 335 g/mol. The van der Waals surface area contributed by atoms with E-state index in [1.807, 2.05) is 6.92 Å². The summed E-state index contributed by atoms with van der Waals surface area (Å²) in [5.74, 6) is -2.65. The molecule has 0 aromatic heterocycles. The summed E-state index contributed by atoms with van der Waals surface area (Å²) >= 11 is 0. The first-order valence-electron chi connectivity index (χ1n) is 8.24. The standard InChI is InChI=1S/C16H24F3NO3/c1-10-6-12(15(22)23)9-20(8-10)14(21)7-11-2-4-13(5-3-11)16(17,18)19/h10-13H,2-9H2,1H3,(H,22,23). The lowest BCUT2D eigenvalue weighted by atomic mass is 9.80. The molecular formula is C16H24F3NO3. The molecule has 0 spiro atoms. The zero-order chi connectivity index (χ0) is 17.2. The predicted molar refractivity (Wildman–Crippen MR) is 77.6 cm³/mol. The van der Waals surface area contributed by atoms with E-state index in [-0.39, 0.29) is 43.6 Å². The van der Waals surface area contributed by atoms with Gasteiger partial charge in [-0.3, -0.25) is 9.59 Å². The molecule has 1 aliphatic heterocycles. The molecule has 2 atom stereocenters. The molecule has 2 rings (SSSR count). The van der Waals surface area contributed by atoms with Crippen LogP contribution in [0.15, 0.2) is 0 Å². The van der Waals surface area contributed by atoms with Crippen LogP contribution in [0.5, 0.6) is 0 Å². The fourth-order valence-electron chi connectivity index (χ4n) is 3.80. The van der Waals surface area contributed by atoms with Crippen LogP contribution < -0.4 is 0 Å². The highest BCUT2D eigenvalue weighted by molar-refractivity contribution is 5.78. The van der Waals surface area contributed by atoms with Crippen LogP contribution in [-0.4, -0.2) is 41.1 Å². The Hall–Kier alpha value is -1.27. The van der Waals surface area contributed by atoms with Crippen molar-refractivity contribution < 1.29 is 27.9 Å². The maximum absolute atomic E-state index is 12.7. The molecule has 1 aliphatic carbocycles. The maximum atomic E-state index is 12.7. The molecule has 1 saturated carbocycles. The number of piperidine rings is 1. The van der Waals surface area contributed by atoms with Crippen molar-refractivity contribution in [1.82, 2.24) is 4.90 Å². The van der Waals surface area contributed by atoms with Crippen molar-refractivity contribution in [1.29, 1.82) is 0 Å². The molecule has 132 valence electrons. The third-order valence-electron chi connectivity index (χ3n) is 5.13. The van der Waals surface area contributed by atoms with E-state index in [1.165, 1.54) is 0 Å². The van der Waals surface area contributed by atoms with Crippen LogP contribution in [0.3, 0.4) is 0 Å². The minimum Gasteiger partial charge on any atom is -0.481 e. The summed E-state index contributed by atoms with van der Waals surface area (Å²) in [4.78, 5) is 25.1. The van der Waals surface area contributed by atoms with Crippen LogP contribution in [0.25, 0.3) is 0 Å². The number of aliphatic carboxylic acids is 1. The van der Waals surface area contributed by atoms with E-state index in [2.05, 4.69) is 0 Å². The normalized spacial score (nSPS) is 32.6. The van der Waals surface area contributed by atoms with Crippen molar-refractivity contribution in [2.45, 2.75) is 51.6 Å². The number of nitrogens with zero attached hydrogens (tertiary/aromatic N) is 1. The number of carboxylic acid groups (broad SMARTS) is 1. The molecule has 2 unspecified atom stereocenters. The van der Waals surface area contributed by atoms with Crippen molar-refractivity contribution >= 4 is 11.9 Å². The van der Waals surface area contributed by atoms with Gasteiger partial charge in [0.15, 0.2) is 0 Å². The van der Waals surface area contributed by atoms with Crippen LogP contribution >= 0.6 is 0 Å². The number of hydrogen-bond acceptors (Lipinski definition) is 2. The summed E-state index contributed by atoms with van der Waals surface area (Å²) < 4.78 is 38.0. The third-order valence-corrected chi connectivity index (χ3v) is 5.13. The van der Waals surface area contributed by atoms with Gasteiger partial charge in [0, 0.05) is 19.5 Å². The number of amides is 1. The summed E-state index contributed by atoms with van der Waals surface area (Å²) in [5, 5.41) is 9.14. The number of carbonyl (C=O) groups is 2. The summed E-state index contributed by atoms with van der Waals surface area (Å²) in [6, 6.07) is 0. The highest BCUT2D eigenvalue weighted by Gasteiger charge is 2.42. The van der Waals surface area contributed by atoms with Gasteiger partial charge in [0.05, 0.1) is 11.8 Å². The largest absolute Gasteiger partial charge is 0.481 e. The van der Waals surface area contributed by atoms with Gasteiger partial charge in [0.25, 0.3) is 0 Å². The minimum absolute atomic E-state index is 0.0124. The molecule has 1 saturated heterocycles. The minimum atomic E-state index is -4.13. The molecule has 7 heteroatoms. The maximum Gasteiger partial charge on any atom is 0.391 e. The summed E-state index contributed by atoms with van der Waals surface area (Å²) in [6.07, 6.45) is -2.31.